The molecule has 1 spiro atoms. The van der Waals surface area contributed by atoms with Crippen molar-refractivity contribution in [2.45, 2.75) is 57.7 Å². The van der Waals surface area contributed by atoms with E-state index in [1.54, 1.807) is 7.11 Å². The Morgan fingerprint density at radius 3 is 2.87 bits per heavy atom. The Hall–Kier alpha value is -0.170. The lowest BCUT2D eigenvalue weighted by atomic mass is 9.56. The largest absolute Gasteiger partial charge is 0.474 e. The summed E-state index contributed by atoms with van der Waals surface area (Å²) in [5.74, 6) is 0.757. The van der Waals surface area contributed by atoms with E-state index in [1.165, 1.54) is 11.8 Å². The van der Waals surface area contributed by atoms with E-state index >= 15 is 0 Å². The topological polar surface area (TPSA) is 44.8 Å². The average molecular weight is 359 g/mol. The van der Waals surface area contributed by atoms with Crippen LogP contribution in [0.5, 0.6) is 0 Å². The van der Waals surface area contributed by atoms with Crippen molar-refractivity contribution in [2.75, 3.05) is 20.2 Å². The summed E-state index contributed by atoms with van der Waals surface area (Å²) in [5.41, 5.74) is -0.388. The molecule has 0 aromatic rings. The maximum absolute atomic E-state index is 12.8. The number of fused-ring (bicyclic) bond motifs is 1. The van der Waals surface area contributed by atoms with Gasteiger partial charge in [-0.05, 0) is 57.0 Å². The Bertz CT molecular complexity index is 497. The molecular formula is C17H26O4S2. The van der Waals surface area contributed by atoms with Gasteiger partial charge in [0.05, 0.1) is 11.5 Å². The second-order valence-corrected chi connectivity index (χ2v) is 8.82. The lowest BCUT2D eigenvalue weighted by molar-refractivity contribution is -0.166. The molecule has 0 aliphatic heterocycles. The summed E-state index contributed by atoms with van der Waals surface area (Å²) in [6, 6.07) is 0. The van der Waals surface area contributed by atoms with E-state index in [9.17, 15) is 4.79 Å². The number of ether oxygens (including phenoxy) is 3. The number of hydrogen-bond donors (Lipinski definition) is 0. The van der Waals surface area contributed by atoms with Gasteiger partial charge in [0, 0.05) is 18.9 Å². The van der Waals surface area contributed by atoms with Crippen LogP contribution in [0.2, 0.25) is 0 Å². The van der Waals surface area contributed by atoms with Gasteiger partial charge in [0.25, 0.3) is 0 Å². The average Bonchev–Trinajstić information content (AvgIpc) is 2.78. The van der Waals surface area contributed by atoms with E-state index < -0.39 is 5.41 Å². The van der Waals surface area contributed by atoms with Gasteiger partial charge in [-0.25, -0.2) is 0 Å². The van der Waals surface area contributed by atoms with Crippen molar-refractivity contribution < 1.29 is 19.0 Å². The van der Waals surface area contributed by atoms with Gasteiger partial charge < -0.3 is 14.2 Å². The second kappa shape index (κ2) is 6.62. The third kappa shape index (κ3) is 2.86. The van der Waals surface area contributed by atoms with Gasteiger partial charge in [0.2, 0.25) is 4.38 Å². The summed E-state index contributed by atoms with van der Waals surface area (Å²) < 4.78 is 17.8. The molecule has 4 nitrogen and oxygen atoms in total. The number of rotatable bonds is 4. The molecule has 3 aliphatic rings. The van der Waals surface area contributed by atoms with Gasteiger partial charge in [0.15, 0.2) is 0 Å². The van der Waals surface area contributed by atoms with Crippen molar-refractivity contribution in [1.29, 1.82) is 0 Å². The minimum atomic E-state index is -0.428. The highest BCUT2D eigenvalue weighted by Gasteiger charge is 2.66. The molecule has 0 radical (unpaired) electrons. The quantitative estimate of drug-likeness (QED) is 0.565. The number of thiocarbonyl (C=S) groups is 1. The molecule has 3 rings (SSSR count). The Kier molecular flexibility index (Phi) is 5.08. The van der Waals surface area contributed by atoms with Crippen LogP contribution in [0, 0.1) is 16.7 Å². The molecule has 0 amide bonds. The van der Waals surface area contributed by atoms with E-state index in [1.807, 2.05) is 6.26 Å². The smallest absolute Gasteiger partial charge is 0.219 e. The molecule has 3 aliphatic carbocycles. The molecule has 130 valence electrons. The number of methoxy groups -OCH3 is 1. The fourth-order valence-corrected chi connectivity index (χ4v) is 5.49. The van der Waals surface area contributed by atoms with Crippen LogP contribution in [-0.4, -0.2) is 42.5 Å². The molecule has 23 heavy (non-hydrogen) atoms. The number of carbonyl (C=O) groups is 1. The van der Waals surface area contributed by atoms with Crippen molar-refractivity contribution in [3.8, 4) is 0 Å². The molecule has 0 aromatic carbocycles. The standard InChI is InChI=1S/C17H26O4S2/c1-16-9-17(8-14(16)21-15(22)23-3)11(7-12(16)18)5-4-6-13(17)20-10-19-2/h11,13-14H,4-10H2,1-3H3/t11-,13-,14?,16-,17-/m0/s1. The first kappa shape index (κ1) is 17.6. The molecule has 0 N–H and O–H groups in total. The lowest BCUT2D eigenvalue weighted by Crippen LogP contribution is -2.50. The van der Waals surface area contributed by atoms with E-state index in [2.05, 4.69) is 6.92 Å². The number of ketones is 1. The molecule has 6 heteroatoms. The first-order chi connectivity index (χ1) is 11.0. The molecule has 0 heterocycles. The van der Waals surface area contributed by atoms with Gasteiger partial charge in [-0.3, -0.25) is 4.79 Å². The van der Waals surface area contributed by atoms with Crippen LogP contribution in [0.3, 0.4) is 0 Å². The van der Waals surface area contributed by atoms with Crippen molar-refractivity contribution >= 4 is 34.1 Å². The fraction of sp³-hybridized carbons (Fsp3) is 0.882. The highest BCUT2D eigenvalue weighted by molar-refractivity contribution is 8.22. The molecular weight excluding hydrogens is 332 g/mol. The van der Waals surface area contributed by atoms with Crippen molar-refractivity contribution in [3.05, 3.63) is 0 Å². The molecule has 1 unspecified atom stereocenters. The summed E-state index contributed by atoms with van der Waals surface area (Å²) >= 11 is 6.70. The van der Waals surface area contributed by atoms with Crippen LogP contribution in [0.1, 0.15) is 45.4 Å². The molecule has 3 saturated carbocycles. The minimum absolute atomic E-state index is 0.0398. The van der Waals surface area contributed by atoms with Gasteiger partial charge in [0.1, 0.15) is 18.7 Å². The van der Waals surface area contributed by atoms with Crippen LogP contribution >= 0.6 is 24.0 Å². The van der Waals surface area contributed by atoms with Crippen LogP contribution < -0.4 is 0 Å². The lowest BCUT2D eigenvalue weighted by Gasteiger charge is -2.50. The summed E-state index contributed by atoms with van der Waals surface area (Å²) in [7, 11) is 1.66. The first-order valence-electron chi connectivity index (χ1n) is 8.34. The summed E-state index contributed by atoms with van der Waals surface area (Å²) in [6.45, 7) is 2.38. The van der Waals surface area contributed by atoms with Crippen LogP contribution in [0.4, 0.5) is 0 Å². The summed E-state index contributed by atoms with van der Waals surface area (Å²) in [6.07, 6.45) is 7.64. The predicted molar refractivity (Wildman–Crippen MR) is 94.5 cm³/mol. The number of thioether (sulfide) groups is 1. The Morgan fingerprint density at radius 1 is 1.39 bits per heavy atom. The van der Waals surface area contributed by atoms with Crippen molar-refractivity contribution in [3.63, 3.8) is 0 Å². The van der Waals surface area contributed by atoms with Gasteiger partial charge in [-0.2, -0.15) is 0 Å². The van der Waals surface area contributed by atoms with Crippen LogP contribution in [0.25, 0.3) is 0 Å². The Morgan fingerprint density at radius 2 is 2.17 bits per heavy atom. The zero-order chi connectivity index (χ0) is 16.7. The highest BCUT2D eigenvalue weighted by atomic mass is 32.2. The maximum atomic E-state index is 12.8. The predicted octanol–water partition coefficient (Wildman–Crippen LogP) is 3.57. The molecule has 3 fully saturated rings. The number of Topliss-reactive ketones (excluding diaryl/α,β-unsaturated/α-hetero) is 1. The maximum Gasteiger partial charge on any atom is 0.219 e. The van der Waals surface area contributed by atoms with Crippen molar-refractivity contribution in [1.82, 2.24) is 0 Å². The monoisotopic (exact) mass is 358 g/mol. The molecule has 0 aromatic heterocycles. The van der Waals surface area contributed by atoms with Crippen molar-refractivity contribution in [2.24, 2.45) is 16.7 Å². The first-order valence-corrected chi connectivity index (χ1v) is 9.98. The Balaban J connectivity index is 1.89. The fourth-order valence-electron chi connectivity index (χ4n) is 5.16. The number of carbonyl (C=O) groups excluding carboxylic acids is 1. The van der Waals surface area contributed by atoms with E-state index in [-0.39, 0.29) is 17.6 Å². The van der Waals surface area contributed by atoms with Gasteiger partial charge in [-0.1, -0.05) is 18.2 Å². The van der Waals surface area contributed by atoms with Gasteiger partial charge >= 0.3 is 0 Å². The number of hydrogen-bond acceptors (Lipinski definition) is 6. The summed E-state index contributed by atoms with van der Waals surface area (Å²) in [5, 5.41) is 0. The third-order valence-corrected chi connectivity index (χ3v) is 7.33. The van der Waals surface area contributed by atoms with E-state index in [0.29, 0.717) is 29.3 Å². The molecule has 0 saturated heterocycles. The zero-order valence-corrected chi connectivity index (χ0v) is 15.8. The van der Waals surface area contributed by atoms with Crippen LogP contribution in [-0.2, 0) is 19.0 Å². The Labute approximate surface area is 148 Å². The molecule has 2 bridgehead atoms. The van der Waals surface area contributed by atoms with E-state index in [0.717, 1.165) is 32.1 Å². The minimum Gasteiger partial charge on any atom is -0.474 e. The van der Waals surface area contributed by atoms with Gasteiger partial charge in [-0.15, -0.1) is 0 Å². The normalized spacial score (nSPS) is 42.4. The van der Waals surface area contributed by atoms with E-state index in [4.69, 9.17) is 26.4 Å². The SMILES string of the molecule is COCO[C@H]1CCC[C@H]2CC(=O)[C@]3(C)C[C@@]21CC3OC(=S)SC. The second-order valence-electron chi connectivity index (χ2n) is 7.41. The zero-order valence-electron chi connectivity index (χ0n) is 14.1. The molecule has 5 atom stereocenters. The summed E-state index contributed by atoms with van der Waals surface area (Å²) in [4.78, 5) is 12.8. The van der Waals surface area contributed by atoms with Crippen LogP contribution in [0.15, 0.2) is 0 Å². The highest BCUT2D eigenvalue weighted by Crippen LogP contribution is 2.65. The third-order valence-electron chi connectivity index (χ3n) is 6.31.